The van der Waals surface area contributed by atoms with Gasteiger partial charge in [0, 0.05) is 24.4 Å². The number of nitrogens with zero attached hydrogens (tertiary/aromatic N) is 1. The number of amides is 1. The molecule has 0 spiro atoms. The van der Waals surface area contributed by atoms with Gasteiger partial charge in [0.2, 0.25) is 5.91 Å². The van der Waals surface area contributed by atoms with Crippen molar-refractivity contribution in [2.45, 2.75) is 50.6 Å². The summed E-state index contributed by atoms with van der Waals surface area (Å²) >= 11 is 0. The molecule has 1 fully saturated rings. The van der Waals surface area contributed by atoms with Crippen LogP contribution in [0.25, 0.3) is 0 Å². The van der Waals surface area contributed by atoms with E-state index in [1.165, 1.54) is 0 Å². The first-order chi connectivity index (χ1) is 8.59. The zero-order chi connectivity index (χ0) is 13.0. The van der Waals surface area contributed by atoms with Gasteiger partial charge in [-0.15, -0.1) is 0 Å². The van der Waals surface area contributed by atoms with Crippen LogP contribution >= 0.6 is 0 Å². The second-order valence-corrected chi connectivity index (χ2v) is 5.32. The predicted octanol–water partition coefficient (Wildman–Crippen LogP) is 1.92. The summed E-state index contributed by atoms with van der Waals surface area (Å²) in [5.41, 5.74) is 6.99. The third-order valence-electron chi connectivity index (χ3n) is 3.70. The lowest BCUT2D eigenvalue weighted by molar-refractivity contribution is -0.122. The van der Waals surface area contributed by atoms with Crippen LogP contribution in [0.3, 0.4) is 0 Å². The molecule has 0 aliphatic heterocycles. The van der Waals surface area contributed by atoms with Gasteiger partial charge in [0.15, 0.2) is 0 Å². The fraction of sp³-hybridized carbons (Fsp3) is 0.571. The Balaban J connectivity index is 1.88. The van der Waals surface area contributed by atoms with Gasteiger partial charge in [0.25, 0.3) is 0 Å². The summed E-state index contributed by atoms with van der Waals surface area (Å²) in [7, 11) is 0. The van der Waals surface area contributed by atoms with Gasteiger partial charge >= 0.3 is 0 Å². The molecule has 0 radical (unpaired) electrons. The molecule has 0 unspecified atom stereocenters. The number of nitrogens with two attached hydrogens (primary N) is 1. The molecule has 1 atom stereocenters. The largest absolute Gasteiger partial charge is 0.350 e. The minimum atomic E-state index is -0.276. The van der Waals surface area contributed by atoms with Gasteiger partial charge in [-0.3, -0.25) is 9.78 Å². The van der Waals surface area contributed by atoms with Crippen LogP contribution in [-0.2, 0) is 4.79 Å². The van der Waals surface area contributed by atoms with Crippen LogP contribution in [0.15, 0.2) is 24.5 Å². The molecule has 1 saturated carbocycles. The zero-order valence-electron chi connectivity index (χ0n) is 10.9. The molecule has 3 N–H and O–H groups in total. The highest BCUT2D eigenvalue weighted by Gasteiger charge is 2.31. The third-order valence-corrected chi connectivity index (χ3v) is 3.70. The molecule has 98 valence electrons. The van der Waals surface area contributed by atoms with Crippen molar-refractivity contribution in [3.63, 3.8) is 0 Å². The van der Waals surface area contributed by atoms with Gasteiger partial charge in [0.1, 0.15) is 0 Å². The molecular weight excluding hydrogens is 226 g/mol. The molecule has 1 amide bonds. The summed E-state index contributed by atoms with van der Waals surface area (Å²) in [5.74, 6) is 0.0451. The van der Waals surface area contributed by atoms with Crippen LogP contribution in [-0.4, -0.2) is 16.4 Å². The smallest absolute Gasteiger partial charge is 0.222 e. The molecule has 0 bridgehead atoms. The van der Waals surface area contributed by atoms with Crippen molar-refractivity contribution in [2.24, 2.45) is 5.73 Å². The molecule has 1 aliphatic rings. The molecule has 1 aliphatic carbocycles. The van der Waals surface area contributed by atoms with Crippen molar-refractivity contribution in [2.75, 3.05) is 0 Å². The van der Waals surface area contributed by atoms with Gasteiger partial charge < -0.3 is 11.1 Å². The van der Waals surface area contributed by atoms with Crippen molar-refractivity contribution < 1.29 is 4.79 Å². The lowest BCUT2D eigenvalue weighted by Gasteiger charge is -2.24. The third kappa shape index (κ3) is 3.29. The van der Waals surface area contributed by atoms with Gasteiger partial charge in [-0.05, 0) is 37.5 Å². The second-order valence-electron chi connectivity index (χ2n) is 5.32. The molecule has 1 heterocycles. The summed E-state index contributed by atoms with van der Waals surface area (Å²) in [5, 5.41) is 3.00. The first kappa shape index (κ1) is 13.0. The van der Waals surface area contributed by atoms with Crippen molar-refractivity contribution in [1.29, 1.82) is 0 Å². The van der Waals surface area contributed by atoms with E-state index in [1.54, 1.807) is 12.4 Å². The summed E-state index contributed by atoms with van der Waals surface area (Å²) in [6.07, 6.45) is 8.11. The van der Waals surface area contributed by atoms with Gasteiger partial charge in [0.05, 0.1) is 6.04 Å². The van der Waals surface area contributed by atoms with Crippen LogP contribution in [0.1, 0.15) is 50.6 Å². The SMILES string of the molecule is C[C@@H](NC(=O)CC1(N)CCCC1)c1ccncc1. The number of hydrogen-bond acceptors (Lipinski definition) is 3. The van der Waals surface area contributed by atoms with E-state index < -0.39 is 0 Å². The fourth-order valence-corrected chi connectivity index (χ4v) is 2.60. The molecule has 0 saturated heterocycles. The molecule has 1 aromatic rings. The monoisotopic (exact) mass is 247 g/mol. The average molecular weight is 247 g/mol. The average Bonchev–Trinajstić information content (AvgIpc) is 2.76. The first-order valence-corrected chi connectivity index (χ1v) is 6.57. The second kappa shape index (κ2) is 5.48. The molecule has 2 rings (SSSR count). The van der Waals surface area contributed by atoms with E-state index in [2.05, 4.69) is 10.3 Å². The summed E-state index contributed by atoms with van der Waals surface area (Å²) < 4.78 is 0. The maximum atomic E-state index is 12.0. The van der Waals surface area contributed by atoms with E-state index in [-0.39, 0.29) is 17.5 Å². The van der Waals surface area contributed by atoms with Crippen LogP contribution in [0, 0.1) is 0 Å². The highest BCUT2D eigenvalue weighted by Crippen LogP contribution is 2.30. The molecule has 4 heteroatoms. The number of pyridine rings is 1. The van der Waals surface area contributed by atoms with Crippen LogP contribution in [0.2, 0.25) is 0 Å². The number of nitrogens with one attached hydrogen (secondary N) is 1. The van der Waals surface area contributed by atoms with E-state index >= 15 is 0 Å². The van der Waals surface area contributed by atoms with E-state index in [1.807, 2.05) is 19.1 Å². The minimum absolute atomic E-state index is 0.00510. The lowest BCUT2D eigenvalue weighted by atomic mass is 9.94. The summed E-state index contributed by atoms with van der Waals surface area (Å²) in [4.78, 5) is 15.9. The Morgan fingerprint density at radius 3 is 2.67 bits per heavy atom. The molecular formula is C14H21N3O. The molecule has 4 nitrogen and oxygen atoms in total. The van der Waals surface area contributed by atoms with Crippen LogP contribution < -0.4 is 11.1 Å². The fourth-order valence-electron chi connectivity index (χ4n) is 2.60. The van der Waals surface area contributed by atoms with Crippen molar-refractivity contribution >= 4 is 5.91 Å². The lowest BCUT2D eigenvalue weighted by Crippen LogP contribution is -2.42. The predicted molar refractivity (Wildman–Crippen MR) is 70.8 cm³/mol. The van der Waals surface area contributed by atoms with Crippen molar-refractivity contribution in [3.8, 4) is 0 Å². The highest BCUT2D eigenvalue weighted by atomic mass is 16.1. The standard InChI is InChI=1S/C14H21N3O/c1-11(12-4-8-16-9-5-12)17-13(18)10-14(15)6-2-3-7-14/h4-5,8-9,11H,2-3,6-7,10,15H2,1H3,(H,17,18)/t11-/m1/s1. The maximum absolute atomic E-state index is 12.0. The van der Waals surface area contributed by atoms with Gasteiger partial charge in [-0.2, -0.15) is 0 Å². The van der Waals surface area contributed by atoms with E-state index in [0.717, 1.165) is 31.2 Å². The number of carbonyl (C=O) groups excluding carboxylic acids is 1. The Morgan fingerprint density at radius 1 is 1.44 bits per heavy atom. The van der Waals surface area contributed by atoms with E-state index in [0.29, 0.717) is 6.42 Å². The molecule has 1 aromatic heterocycles. The summed E-state index contributed by atoms with van der Waals surface area (Å²) in [6.45, 7) is 1.98. The van der Waals surface area contributed by atoms with E-state index in [9.17, 15) is 4.79 Å². The van der Waals surface area contributed by atoms with E-state index in [4.69, 9.17) is 5.73 Å². The first-order valence-electron chi connectivity index (χ1n) is 6.57. The van der Waals surface area contributed by atoms with Crippen molar-refractivity contribution in [3.05, 3.63) is 30.1 Å². The Bertz CT molecular complexity index is 399. The molecule has 0 aromatic carbocycles. The number of rotatable bonds is 4. The zero-order valence-corrected chi connectivity index (χ0v) is 10.9. The summed E-state index contributed by atoms with van der Waals surface area (Å²) in [6, 6.07) is 3.84. The molecule has 18 heavy (non-hydrogen) atoms. The Kier molecular flexibility index (Phi) is 3.97. The van der Waals surface area contributed by atoms with Crippen LogP contribution in [0.4, 0.5) is 0 Å². The van der Waals surface area contributed by atoms with Crippen LogP contribution in [0.5, 0.6) is 0 Å². The topological polar surface area (TPSA) is 68.0 Å². The Hall–Kier alpha value is -1.42. The van der Waals surface area contributed by atoms with Gasteiger partial charge in [-0.25, -0.2) is 0 Å². The highest BCUT2D eigenvalue weighted by molar-refractivity contribution is 5.77. The number of hydrogen-bond donors (Lipinski definition) is 2. The Labute approximate surface area is 108 Å². The number of aromatic nitrogens is 1. The Morgan fingerprint density at radius 2 is 2.06 bits per heavy atom. The quantitative estimate of drug-likeness (QED) is 0.854. The van der Waals surface area contributed by atoms with Crippen molar-refractivity contribution in [1.82, 2.24) is 10.3 Å². The maximum Gasteiger partial charge on any atom is 0.222 e. The minimum Gasteiger partial charge on any atom is -0.350 e. The number of carbonyl (C=O) groups is 1. The van der Waals surface area contributed by atoms with Gasteiger partial charge in [-0.1, -0.05) is 12.8 Å². The normalized spacial score (nSPS) is 19.4.